The number of aromatic amines is 1. The predicted octanol–water partition coefficient (Wildman–Crippen LogP) is 2.93. The number of fused-ring (bicyclic) bond motifs is 1. The summed E-state index contributed by atoms with van der Waals surface area (Å²) in [7, 11) is 0. The third-order valence-corrected chi connectivity index (χ3v) is 5.19. The Labute approximate surface area is 185 Å². The molecular formula is C24H26N6O2. The molecular weight excluding hydrogens is 404 g/mol. The minimum absolute atomic E-state index is 0.314. The summed E-state index contributed by atoms with van der Waals surface area (Å²) < 4.78 is 4.58. The number of imidazole rings is 1. The zero-order valence-electron chi connectivity index (χ0n) is 18.6. The SMILES string of the molecule is CCCn1c(=O)c2[nH]c(-c3cnn(CC#Cc4ccc(C)cc4)c3)nc2n(CCC)c1=O. The topological polar surface area (TPSA) is 90.5 Å². The third kappa shape index (κ3) is 4.14. The molecule has 0 saturated carbocycles. The normalized spacial score (nSPS) is 11.0. The number of hydrogen-bond donors (Lipinski definition) is 1. The van der Waals surface area contributed by atoms with Crippen LogP contribution < -0.4 is 11.2 Å². The molecule has 0 bridgehead atoms. The molecule has 1 aromatic carbocycles. The molecule has 0 saturated heterocycles. The van der Waals surface area contributed by atoms with Crippen LogP contribution in [0.4, 0.5) is 0 Å². The maximum Gasteiger partial charge on any atom is 0.332 e. The quantitative estimate of drug-likeness (QED) is 0.476. The second-order valence-corrected chi connectivity index (χ2v) is 7.77. The molecule has 32 heavy (non-hydrogen) atoms. The maximum atomic E-state index is 12.9. The average molecular weight is 431 g/mol. The molecule has 0 spiro atoms. The van der Waals surface area contributed by atoms with E-state index in [1.165, 1.54) is 10.1 Å². The number of H-pyrrole nitrogens is 1. The van der Waals surface area contributed by atoms with Crippen molar-refractivity contribution in [1.29, 1.82) is 0 Å². The summed E-state index contributed by atoms with van der Waals surface area (Å²) in [5.41, 5.74) is 2.96. The van der Waals surface area contributed by atoms with E-state index in [1.807, 2.05) is 51.2 Å². The first-order chi connectivity index (χ1) is 15.5. The molecule has 3 aromatic heterocycles. The summed E-state index contributed by atoms with van der Waals surface area (Å²) in [4.78, 5) is 33.4. The largest absolute Gasteiger partial charge is 0.332 e. The van der Waals surface area contributed by atoms with Gasteiger partial charge in [0.05, 0.1) is 11.8 Å². The molecule has 8 nitrogen and oxygen atoms in total. The Balaban J connectivity index is 1.66. The molecule has 0 radical (unpaired) electrons. The Morgan fingerprint density at radius 1 is 1.03 bits per heavy atom. The van der Waals surface area contributed by atoms with Crippen LogP contribution in [0.2, 0.25) is 0 Å². The minimum Gasteiger partial charge on any atom is -0.332 e. The highest BCUT2D eigenvalue weighted by atomic mass is 16.2. The molecule has 8 heteroatoms. The van der Waals surface area contributed by atoms with E-state index in [9.17, 15) is 9.59 Å². The molecule has 0 amide bonds. The molecule has 0 aliphatic rings. The van der Waals surface area contributed by atoms with Crippen LogP contribution in [-0.2, 0) is 19.6 Å². The van der Waals surface area contributed by atoms with Crippen LogP contribution in [0, 0.1) is 18.8 Å². The minimum atomic E-state index is -0.339. The van der Waals surface area contributed by atoms with E-state index < -0.39 is 0 Å². The van der Waals surface area contributed by atoms with Crippen molar-refractivity contribution in [3.8, 4) is 23.2 Å². The van der Waals surface area contributed by atoms with Crippen LogP contribution in [0.5, 0.6) is 0 Å². The summed E-state index contributed by atoms with van der Waals surface area (Å²) in [6.45, 7) is 7.28. The molecule has 1 N–H and O–H groups in total. The molecule has 0 aliphatic heterocycles. The highest BCUT2D eigenvalue weighted by molar-refractivity contribution is 5.75. The Morgan fingerprint density at radius 3 is 2.47 bits per heavy atom. The van der Waals surface area contributed by atoms with E-state index in [1.54, 1.807) is 15.4 Å². The fourth-order valence-corrected chi connectivity index (χ4v) is 3.58. The Bertz CT molecular complexity index is 1420. The van der Waals surface area contributed by atoms with Gasteiger partial charge in [-0.1, -0.05) is 43.4 Å². The van der Waals surface area contributed by atoms with E-state index in [-0.39, 0.29) is 11.2 Å². The van der Waals surface area contributed by atoms with Gasteiger partial charge < -0.3 is 4.98 Å². The van der Waals surface area contributed by atoms with E-state index in [0.29, 0.717) is 43.0 Å². The van der Waals surface area contributed by atoms with Gasteiger partial charge in [0.25, 0.3) is 5.56 Å². The van der Waals surface area contributed by atoms with E-state index >= 15 is 0 Å². The van der Waals surface area contributed by atoms with Gasteiger partial charge in [-0.2, -0.15) is 5.10 Å². The molecule has 3 heterocycles. The van der Waals surface area contributed by atoms with Crippen molar-refractivity contribution < 1.29 is 0 Å². The summed E-state index contributed by atoms with van der Waals surface area (Å²) in [5, 5.41) is 4.36. The first-order valence-corrected chi connectivity index (χ1v) is 10.8. The smallest absolute Gasteiger partial charge is 0.332 e. The standard InChI is InChI=1S/C24H26N6O2/c1-4-12-29-22-20(23(31)30(13-5-2)24(29)32)26-21(27-22)19-15-25-28(16-19)14-6-7-18-10-8-17(3)9-11-18/h8-11,15-16H,4-5,12-14H2,1-3H3,(H,26,27). The average Bonchev–Trinajstić information content (AvgIpc) is 3.43. The Morgan fingerprint density at radius 2 is 1.75 bits per heavy atom. The van der Waals surface area contributed by atoms with Crippen molar-refractivity contribution in [3.05, 3.63) is 68.6 Å². The molecule has 0 fully saturated rings. The lowest BCUT2D eigenvalue weighted by Gasteiger charge is -2.09. The van der Waals surface area contributed by atoms with Crippen LogP contribution >= 0.6 is 0 Å². The van der Waals surface area contributed by atoms with Gasteiger partial charge in [0.1, 0.15) is 17.9 Å². The van der Waals surface area contributed by atoms with E-state index in [0.717, 1.165) is 17.5 Å². The van der Waals surface area contributed by atoms with Crippen LogP contribution in [0.25, 0.3) is 22.6 Å². The van der Waals surface area contributed by atoms with Gasteiger partial charge >= 0.3 is 5.69 Å². The third-order valence-electron chi connectivity index (χ3n) is 5.19. The van der Waals surface area contributed by atoms with Crippen LogP contribution in [0.1, 0.15) is 37.8 Å². The summed E-state index contributed by atoms with van der Waals surface area (Å²) in [6.07, 6.45) is 4.97. The number of benzene rings is 1. The van der Waals surface area contributed by atoms with Gasteiger partial charge in [-0.3, -0.25) is 18.6 Å². The fourth-order valence-electron chi connectivity index (χ4n) is 3.58. The van der Waals surface area contributed by atoms with Crippen molar-refractivity contribution >= 4 is 11.2 Å². The first kappa shape index (κ1) is 21.4. The lowest BCUT2D eigenvalue weighted by Crippen LogP contribution is -2.40. The molecule has 0 unspecified atom stereocenters. The van der Waals surface area contributed by atoms with Crippen molar-refractivity contribution in [2.45, 2.75) is 53.2 Å². The number of nitrogens with one attached hydrogen (secondary N) is 1. The zero-order chi connectivity index (χ0) is 22.7. The van der Waals surface area contributed by atoms with Gasteiger partial charge in [-0.15, -0.1) is 0 Å². The molecule has 4 rings (SSSR count). The van der Waals surface area contributed by atoms with Gasteiger partial charge in [0.15, 0.2) is 5.65 Å². The highest BCUT2D eigenvalue weighted by Gasteiger charge is 2.17. The lowest BCUT2D eigenvalue weighted by molar-refractivity contribution is 0.555. The van der Waals surface area contributed by atoms with Crippen molar-refractivity contribution in [3.63, 3.8) is 0 Å². The monoisotopic (exact) mass is 430 g/mol. The summed E-state index contributed by atoms with van der Waals surface area (Å²) in [6, 6.07) is 8.05. The molecule has 4 aromatic rings. The molecule has 0 atom stereocenters. The van der Waals surface area contributed by atoms with Gasteiger partial charge in [-0.25, -0.2) is 9.78 Å². The van der Waals surface area contributed by atoms with Gasteiger partial charge in [-0.05, 0) is 31.9 Å². The Kier molecular flexibility index (Phi) is 6.08. The number of rotatable bonds is 6. The maximum absolute atomic E-state index is 12.9. The first-order valence-electron chi connectivity index (χ1n) is 10.8. The zero-order valence-corrected chi connectivity index (χ0v) is 18.6. The summed E-state index contributed by atoms with van der Waals surface area (Å²) in [5.74, 6) is 6.75. The van der Waals surface area contributed by atoms with Crippen molar-refractivity contribution in [1.82, 2.24) is 28.9 Å². The predicted molar refractivity (Wildman–Crippen MR) is 124 cm³/mol. The van der Waals surface area contributed by atoms with Crippen LogP contribution in [0.15, 0.2) is 46.2 Å². The second-order valence-electron chi connectivity index (χ2n) is 7.77. The fraction of sp³-hybridized carbons (Fsp3) is 0.333. The summed E-state index contributed by atoms with van der Waals surface area (Å²) >= 11 is 0. The second kappa shape index (κ2) is 9.10. The van der Waals surface area contributed by atoms with Crippen LogP contribution in [0.3, 0.4) is 0 Å². The Hall–Kier alpha value is -3.86. The van der Waals surface area contributed by atoms with Crippen molar-refractivity contribution in [2.24, 2.45) is 0 Å². The number of aromatic nitrogens is 6. The number of nitrogens with zero attached hydrogens (tertiary/aromatic N) is 5. The van der Waals surface area contributed by atoms with Crippen molar-refractivity contribution in [2.75, 3.05) is 0 Å². The highest BCUT2D eigenvalue weighted by Crippen LogP contribution is 2.18. The number of hydrogen-bond acceptors (Lipinski definition) is 4. The molecule has 164 valence electrons. The molecule has 0 aliphatic carbocycles. The number of aryl methyl sites for hydroxylation is 2. The lowest BCUT2D eigenvalue weighted by atomic mass is 10.2. The van der Waals surface area contributed by atoms with E-state index in [2.05, 4.69) is 26.9 Å². The van der Waals surface area contributed by atoms with E-state index in [4.69, 9.17) is 0 Å². The van der Waals surface area contributed by atoms with Crippen LogP contribution in [-0.4, -0.2) is 28.9 Å². The van der Waals surface area contributed by atoms with Gasteiger partial charge in [0.2, 0.25) is 0 Å². The van der Waals surface area contributed by atoms with Gasteiger partial charge in [0, 0.05) is 24.8 Å².